The molecule has 3 N–H and O–H groups in total. The van der Waals surface area contributed by atoms with Gasteiger partial charge in [-0.3, -0.25) is 14.6 Å². The maximum absolute atomic E-state index is 12.4. The number of carbonyl (C=O) groups excluding carboxylic acids is 1. The second-order valence-corrected chi connectivity index (χ2v) is 9.23. The number of amides is 1. The van der Waals surface area contributed by atoms with Crippen LogP contribution in [0.4, 0.5) is 0 Å². The summed E-state index contributed by atoms with van der Waals surface area (Å²) < 4.78 is 0.590. The summed E-state index contributed by atoms with van der Waals surface area (Å²) in [6.45, 7) is 3.92. The summed E-state index contributed by atoms with van der Waals surface area (Å²) in [6.07, 6.45) is 1.81. The minimum atomic E-state index is -1.13. The molecule has 3 rings (SSSR count). The quantitative estimate of drug-likeness (QED) is 0.338. The van der Waals surface area contributed by atoms with E-state index in [0.29, 0.717) is 22.8 Å². The fourth-order valence-electron chi connectivity index (χ4n) is 2.68. The van der Waals surface area contributed by atoms with Gasteiger partial charge in [0.15, 0.2) is 3.61 Å². The predicted molar refractivity (Wildman–Crippen MR) is 116 cm³/mol. The standard InChI is InChI=1S/C19H18ClIN6O2/c1-11(23-18(28)16-8-17(25-24-16)19(2,21)29)10-27-6-5-15(26-27)12-3-4-13(9-22)14(20)7-12/h3-8,11,29H,10H2,1-2H3,(H,23,28)(H,24,25)/t11-,19?/m0/s1. The molecule has 0 saturated carbocycles. The van der Waals surface area contributed by atoms with Crippen molar-refractivity contribution in [3.05, 3.63) is 58.5 Å². The molecule has 0 radical (unpaired) electrons. The molecule has 10 heteroatoms. The summed E-state index contributed by atoms with van der Waals surface area (Å²) in [6, 6.07) is 10.3. The Morgan fingerprint density at radius 2 is 2.24 bits per heavy atom. The highest BCUT2D eigenvalue weighted by Crippen LogP contribution is 2.26. The Morgan fingerprint density at radius 3 is 2.86 bits per heavy atom. The fourth-order valence-corrected chi connectivity index (χ4v) is 3.18. The van der Waals surface area contributed by atoms with Crippen molar-refractivity contribution >= 4 is 40.1 Å². The van der Waals surface area contributed by atoms with Crippen molar-refractivity contribution in [2.24, 2.45) is 0 Å². The smallest absolute Gasteiger partial charge is 0.272 e. The molecule has 0 aliphatic rings. The molecule has 0 aliphatic heterocycles. The third-order valence-electron chi connectivity index (χ3n) is 4.17. The van der Waals surface area contributed by atoms with Gasteiger partial charge in [-0.1, -0.05) is 17.7 Å². The molecule has 3 aromatic rings. The highest BCUT2D eigenvalue weighted by molar-refractivity contribution is 14.1. The fraction of sp³-hybridized carbons (Fsp3) is 0.263. The number of benzene rings is 1. The van der Waals surface area contributed by atoms with E-state index in [2.05, 4.69) is 20.6 Å². The minimum absolute atomic E-state index is 0.206. The van der Waals surface area contributed by atoms with Gasteiger partial charge in [0.25, 0.3) is 5.91 Å². The van der Waals surface area contributed by atoms with Crippen molar-refractivity contribution in [1.82, 2.24) is 25.3 Å². The summed E-state index contributed by atoms with van der Waals surface area (Å²) in [5.74, 6) is -0.341. The minimum Gasteiger partial charge on any atom is -0.374 e. The third kappa shape index (κ3) is 5.14. The monoisotopic (exact) mass is 524 g/mol. The first kappa shape index (κ1) is 21.3. The van der Waals surface area contributed by atoms with Gasteiger partial charge in [0.05, 0.1) is 28.5 Å². The number of hydrogen-bond donors (Lipinski definition) is 3. The number of carbonyl (C=O) groups is 1. The van der Waals surface area contributed by atoms with Crippen LogP contribution < -0.4 is 5.32 Å². The highest BCUT2D eigenvalue weighted by Gasteiger charge is 2.23. The molecule has 8 nitrogen and oxygen atoms in total. The molecule has 0 saturated heterocycles. The Morgan fingerprint density at radius 1 is 1.48 bits per heavy atom. The van der Waals surface area contributed by atoms with E-state index in [1.165, 1.54) is 6.07 Å². The van der Waals surface area contributed by atoms with E-state index in [0.717, 1.165) is 11.3 Å². The van der Waals surface area contributed by atoms with Crippen molar-refractivity contribution < 1.29 is 9.90 Å². The van der Waals surface area contributed by atoms with Crippen LogP contribution in [0, 0.1) is 11.3 Å². The van der Waals surface area contributed by atoms with Crippen molar-refractivity contribution in [1.29, 1.82) is 5.26 Å². The number of aromatic amines is 1. The second kappa shape index (κ2) is 8.52. The van der Waals surface area contributed by atoms with E-state index in [1.807, 2.05) is 47.8 Å². The van der Waals surface area contributed by atoms with Gasteiger partial charge in [0.2, 0.25) is 0 Å². The van der Waals surface area contributed by atoms with Crippen LogP contribution in [0.3, 0.4) is 0 Å². The number of aliphatic hydroxyl groups is 1. The molecule has 0 spiro atoms. The van der Waals surface area contributed by atoms with Gasteiger partial charge >= 0.3 is 0 Å². The van der Waals surface area contributed by atoms with Crippen LogP contribution in [0.2, 0.25) is 5.02 Å². The number of hydrogen-bond acceptors (Lipinski definition) is 5. The number of H-pyrrole nitrogens is 1. The largest absolute Gasteiger partial charge is 0.374 e. The van der Waals surface area contributed by atoms with E-state index >= 15 is 0 Å². The molecule has 2 atom stereocenters. The predicted octanol–water partition coefficient (Wildman–Crippen LogP) is 3.22. The lowest BCUT2D eigenvalue weighted by atomic mass is 10.1. The van der Waals surface area contributed by atoms with Gasteiger partial charge in [-0.2, -0.15) is 15.5 Å². The number of nitrogens with zero attached hydrogens (tertiary/aromatic N) is 4. The molecule has 2 aromatic heterocycles. The van der Waals surface area contributed by atoms with Gasteiger partial charge in [-0.25, -0.2) is 0 Å². The van der Waals surface area contributed by atoms with E-state index in [9.17, 15) is 9.90 Å². The maximum atomic E-state index is 12.4. The van der Waals surface area contributed by atoms with Gasteiger partial charge in [0.1, 0.15) is 11.8 Å². The Labute approximate surface area is 186 Å². The molecule has 2 heterocycles. The lowest BCUT2D eigenvalue weighted by Crippen LogP contribution is -2.36. The highest BCUT2D eigenvalue weighted by atomic mass is 127. The van der Waals surface area contributed by atoms with Gasteiger partial charge in [-0.05, 0) is 60.7 Å². The Bertz CT molecular complexity index is 1080. The maximum Gasteiger partial charge on any atom is 0.272 e. The second-order valence-electron chi connectivity index (χ2n) is 6.72. The topological polar surface area (TPSA) is 120 Å². The average molecular weight is 525 g/mol. The normalized spacial score (nSPS) is 14.1. The zero-order chi connectivity index (χ0) is 21.2. The molecular weight excluding hydrogens is 507 g/mol. The third-order valence-corrected chi connectivity index (χ3v) is 5.06. The van der Waals surface area contributed by atoms with Gasteiger partial charge in [-0.15, -0.1) is 0 Å². The van der Waals surface area contributed by atoms with Crippen molar-refractivity contribution in [2.75, 3.05) is 0 Å². The van der Waals surface area contributed by atoms with E-state index in [1.54, 1.807) is 29.8 Å². The number of alkyl halides is 1. The van der Waals surface area contributed by atoms with E-state index in [4.69, 9.17) is 16.9 Å². The van der Waals surface area contributed by atoms with Crippen LogP contribution in [-0.2, 0) is 10.2 Å². The molecule has 1 amide bonds. The van der Waals surface area contributed by atoms with E-state index < -0.39 is 3.61 Å². The summed E-state index contributed by atoms with van der Waals surface area (Å²) in [5.41, 5.74) is 2.60. The lowest BCUT2D eigenvalue weighted by molar-refractivity contribution is 0.0931. The lowest BCUT2D eigenvalue weighted by Gasteiger charge is -2.13. The summed E-state index contributed by atoms with van der Waals surface area (Å²) in [4.78, 5) is 12.4. The van der Waals surface area contributed by atoms with Gasteiger partial charge < -0.3 is 10.4 Å². The zero-order valence-corrected chi connectivity index (χ0v) is 18.6. The van der Waals surface area contributed by atoms with E-state index in [-0.39, 0.29) is 17.6 Å². The van der Waals surface area contributed by atoms with Crippen LogP contribution in [-0.4, -0.2) is 37.0 Å². The van der Waals surface area contributed by atoms with Crippen LogP contribution >= 0.6 is 34.2 Å². The van der Waals surface area contributed by atoms with Gasteiger partial charge in [0, 0.05) is 17.8 Å². The van der Waals surface area contributed by atoms with Crippen molar-refractivity contribution in [3.63, 3.8) is 0 Å². The average Bonchev–Trinajstić information content (AvgIpc) is 3.31. The van der Waals surface area contributed by atoms with Crippen molar-refractivity contribution in [3.8, 4) is 17.3 Å². The Kier molecular flexibility index (Phi) is 6.26. The van der Waals surface area contributed by atoms with Crippen LogP contribution in [0.15, 0.2) is 36.5 Å². The Hall–Kier alpha value is -2.42. The number of halogens is 2. The van der Waals surface area contributed by atoms with Crippen molar-refractivity contribution in [2.45, 2.75) is 30.0 Å². The number of nitriles is 1. The molecule has 0 aliphatic carbocycles. The first-order valence-corrected chi connectivity index (χ1v) is 10.1. The Balaban J connectivity index is 1.64. The molecular formula is C19H18ClIN6O2. The molecule has 0 fully saturated rings. The molecule has 150 valence electrons. The summed E-state index contributed by atoms with van der Waals surface area (Å²) in [7, 11) is 0. The summed E-state index contributed by atoms with van der Waals surface area (Å²) >= 11 is 7.94. The summed E-state index contributed by atoms with van der Waals surface area (Å²) in [5, 5.41) is 33.3. The van der Waals surface area contributed by atoms with Crippen LogP contribution in [0.25, 0.3) is 11.3 Å². The number of nitrogens with one attached hydrogen (secondary N) is 2. The first-order chi connectivity index (χ1) is 13.7. The number of rotatable bonds is 6. The molecule has 1 aromatic carbocycles. The molecule has 0 bridgehead atoms. The number of aromatic nitrogens is 4. The van der Waals surface area contributed by atoms with Crippen LogP contribution in [0.1, 0.15) is 35.6 Å². The van der Waals surface area contributed by atoms with Crippen LogP contribution in [0.5, 0.6) is 0 Å². The molecule has 1 unspecified atom stereocenters. The molecule has 29 heavy (non-hydrogen) atoms. The first-order valence-electron chi connectivity index (χ1n) is 8.69. The zero-order valence-electron chi connectivity index (χ0n) is 15.6. The SMILES string of the molecule is C[C@@H](Cn1ccc(-c2ccc(C#N)c(Cl)c2)n1)NC(=O)c1cc(C(C)(O)I)[nH]n1.